The number of nitrogen functional groups attached to an aromatic ring is 1. The first-order valence-electron chi connectivity index (χ1n) is 5.84. The van der Waals surface area contributed by atoms with Crippen molar-refractivity contribution in [3.63, 3.8) is 0 Å². The van der Waals surface area contributed by atoms with E-state index in [2.05, 4.69) is 15.3 Å². The molecule has 5 nitrogen and oxygen atoms in total. The van der Waals surface area contributed by atoms with Crippen LogP contribution in [0.5, 0.6) is 0 Å². The molecule has 8 heteroatoms. The molecule has 0 bridgehead atoms. The molecule has 1 unspecified atom stereocenters. The van der Waals surface area contributed by atoms with E-state index in [1.807, 2.05) is 6.92 Å². The van der Waals surface area contributed by atoms with E-state index in [4.69, 9.17) is 10.5 Å². The third-order valence-electron chi connectivity index (χ3n) is 2.36. The molecule has 0 saturated heterocycles. The summed E-state index contributed by atoms with van der Waals surface area (Å²) < 4.78 is 42.6. The van der Waals surface area contributed by atoms with Crippen molar-refractivity contribution in [2.24, 2.45) is 0 Å². The first kappa shape index (κ1) is 15.5. The number of nitrogens with one attached hydrogen (secondary N) is 1. The summed E-state index contributed by atoms with van der Waals surface area (Å²) in [6.07, 6.45) is -3.00. The lowest BCUT2D eigenvalue weighted by Crippen LogP contribution is -2.26. The van der Waals surface area contributed by atoms with Gasteiger partial charge in [-0.1, -0.05) is 13.3 Å². The summed E-state index contributed by atoms with van der Waals surface area (Å²) in [6.45, 7) is 2.35. The fourth-order valence-corrected chi connectivity index (χ4v) is 1.62. The van der Waals surface area contributed by atoms with Gasteiger partial charge in [-0.25, -0.2) is 9.97 Å². The Hall–Kier alpha value is -1.57. The van der Waals surface area contributed by atoms with Crippen LogP contribution in [-0.2, 0) is 10.9 Å². The molecule has 0 fully saturated rings. The summed E-state index contributed by atoms with van der Waals surface area (Å²) in [6, 6.07) is 1.15. The van der Waals surface area contributed by atoms with E-state index in [-0.39, 0.29) is 17.7 Å². The molecule has 0 aliphatic carbocycles. The topological polar surface area (TPSA) is 73.1 Å². The highest BCUT2D eigenvalue weighted by Crippen LogP contribution is 2.27. The van der Waals surface area contributed by atoms with Crippen LogP contribution in [0.25, 0.3) is 0 Å². The molecule has 19 heavy (non-hydrogen) atoms. The van der Waals surface area contributed by atoms with Gasteiger partial charge in [-0.05, 0) is 6.42 Å². The normalized spacial score (nSPS) is 13.3. The molecule has 0 spiro atoms. The molecule has 3 N–H and O–H groups in total. The molecule has 0 saturated carbocycles. The third kappa shape index (κ3) is 4.90. The third-order valence-corrected chi connectivity index (χ3v) is 2.36. The van der Waals surface area contributed by atoms with Gasteiger partial charge in [0.15, 0.2) is 0 Å². The van der Waals surface area contributed by atoms with Gasteiger partial charge in [-0.2, -0.15) is 13.2 Å². The highest BCUT2D eigenvalue weighted by Gasteiger charge is 2.35. The van der Waals surface area contributed by atoms with Crippen LogP contribution in [0.15, 0.2) is 6.07 Å². The summed E-state index contributed by atoms with van der Waals surface area (Å²) in [5.74, 6) is -1.42. The molecule has 1 aromatic rings. The number of rotatable bonds is 6. The van der Waals surface area contributed by atoms with Crippen LogP contribution in [0.4, 0.5) is 24.8 Å². The SMILES string of the molecule is CCCC(COC)Nc1cc(N)nc(C(F)(F)F)n1. The van der Waals surface area contributed by atoms with Crippen LogP contribution >= 0.6 is 0 Å². The Morgan fingerprint density at radius 3 is 2.63 bits per heavy atom. The van der Waals surface area contributed by atoms with Crippen LogP contribution in [0.3, 0.4) is 0 Å². The Bertz CT molecular complexity index is 405. The van der Waals surface area contributed by atoms with E-state index in [0.717, 1.165) is 12.8 Å². The van der Waals surface area contributed by atoms with Crippen LogP contribution in [0.2, 0.25) is 0 Å². The maximum Gasteiger partial charge on any atom is 0.451 e. The molecule has 1 atom stereocenters. The highest BCUT2D eigenvalue weighted by atomic mass is 19.4. The number of hydrogen-bond acceptors (Lipinski definition) is 5. The number of alkyl halides is 3. The van der Waals surface area contributed by atoms with Crippen molar-refractivity contribution in [3.8, 4) is 0 Å². The monoisotopic (exact) mass is 278 g/mol. The zero-order valence-corrected chi connectivity index (χ0v) is 10.8. The molecule has 1 rings (SSSR count). The van der Waals surface area contributed by atoms with Gasteiger partial charge < -0.3 is 15.8 Å². The number of halogens is 3. The number of ether oxygens (including phenoxy) is 1. The summed E-state index contributed by atoms with van der Waals surface area (Å²) in [5.41, 5.74) is 5.36. The summed E-state index contributed by atoms with van der Waals surface area (Å²) in [7, 11) is 1.53. The van der Waals surface area contributed by atoms with Crippen molar-refractivity contribution >= 4 is 11.6 Å². The smallest absolute Gasteiger partial charge is 0.384 e. The van der Waals surface area contributed by atoms with E-state index in [1.54, 1.807) is 0 Å². The predicted molar refractivity (Wildman–Crippen MR) is 65.6 cm³/mol. The second-order valence-electron chi connectivity index (χ2n) is 4.08. The van der Waals surface area contributed by atoms with Crippen molar-refractivity contribution in [1.82, 2.24) is 9.97 Å². The van der Waals surface area contributed by atoms with Crippen molar-refractivity contribution in [2.45, 2.75) is 32.0 Å². The van der Waals surface area contributed by atoms with Gasteiger partial charge in [0, 0.05) is 13.2 Å². The van der Waals surface area contributed by atoms with Gasteiger partial charge in [-0.15, -0.1) is 0 Å². The Balaban J connectivity index is 2.90. The van der Waals surface area contributed by atoms with E-state index >= 15 is 0 Å². The number of anilines is 2. The minimum absolute atomic E-state index is 0.0512. The molecule has 0 aliphatic rings. The number of aromatic nitrogens is 2. The van der Waals surface area contributed by atoms with Gasteiger partial charge in [-0.3, -0.25) is 0 Å². The van der Waals surface area contributed by atoms with E-state index in [9.17, 15) is 13.2 Å². The largest absolute Gasteiger partial charge is 0.451 e. The Morgan fingerprint density at radius 1 is 1.42 bits per heavy atom. The summed E-state index contributed by atoms with van der Waals surface area (Å²) in [5, 5.41) is 2.88. The van der Waals surface area contributed by atoms with Crippen LogP contribution in [-0.4, -0.2) is 29.7 Å². The van der Waals surface area contributed by atoms with Crippen LogP contribution in [0.1, 0.15) is 25.6 Å². The molecule has 0 amide bonds. The zero-order chi connectivity index (χ0) is 14.5. The number of nitrogens with zero attached hydrogens (tertiary/aromatic N) is 2. The number of hydrogen-bond donors (Lipinski definition) is 2. The fourth-order valence-electron chi connectivity index (χ4n) is 1.62. The molecular formula is C11H17F3N4O. The number of methoxy groups -OCH3 is 1. The molecule has 0 radical (unpaired) electrons. The summed E-state index contributed by atoms with van der Waals surface area (Å²) in [4.78, 5) is 6.60. The lowest BCUT2D eigenvalue weighted by molar-refractivity contribution is -0.144. The molecule has 0 aliphatic heterocycles. The maximum absolute atomic E-state index is 12.5. The van der Waals surface area contributed by atoms with E-state index in [0.29, 0.717) is 6.61 Å². The second-order valence-corrected chi connectivity index (χ2v) is 4.08. The lowest BCUT2D eigenvalue weighted by atomic mass is 10.2. The quantitative estimate of drug-likeness (QED) is 0.835. The Labute approximate surface area is 109 Å². The molecule has 1 aromatic heterocycles. The Morgan fingerprint density at radius 2 is 2.11 bits per heavy atom. The molecule has 108 valence electrons. The average molecular weight is 278 g/mol. The zero-order valence-electron chi connectivity index (χ0n) is 10.8. The predicted octanol–water partition coefficient (Wildman–Crippen LogP) is 2.30. The number of nitrogens with two attached hydrogens (primary N) is 1. The lowest BCUT2D eigenvalue weighted by Gasteiger charge is -2.18. The second kappa shape index (κ2) is 6.55. The highest BCUT2D eigenvalue weighted by molar-refractivity contribution is 5.45. The van der Waals surface area contributed by atoms with Crippen LogP contribution in [0, 0.1) is 0 Å². The Kier molecular flexibility index (Phi) is 5.34. The van der Waals surface area contributed by atoms with Crippen molar-refractivity contribution in [2.75, 3.05) is 24.8 Å². The van der Waals surface area contributed by atoms with Gasteiger partial charge in [0.25, 0.3) is 0 Å². The van der Waals surface area contributed by atoms with Gasteiger partial charge in [0.2, 0.25) is 5.82 Å². The van der Waals surface area contributed by atoms with Gasteiger partial charge in [0.05, 0.1) is 12.6 Å². The molecule has 0 aromatic carbocycles. The first-order chi connectivity index (χ1) is 8.86. The van der Waals surface area contributed by atoms with E-state index in [1.165, 1.54) is 13.2 Å². The van der Waals surface area contributed by atoms with Crippen molar-refractivity contribution in [3.05, 3.63) is 11.9 Å². The minimum Gasteiger partial charge on any atom is -0.384 e. The average Bonchev–Trinajstić information content (AvgIpc) is 2.27. The van der Waals surface area contributed by atoms with E-state index < -0.39 is 12.0 Å². The van der Waals surface area contributed by atoms with Gasteiger partial charge >= 0.3 is 6.18 Å². The molecular weight excluding hydrogens is 261 g/mol. The molecule has 1 heterocycles. The first-order valence-corrected chi connectivity index (χ1v) is 5.84. The fraction of sp³-hybridized carbons (Fsp3) is 0.636. The van der Waals surface area contributed by atoms with Gasteiger partial charge in [0.1, 0.15) is 11.6 Å². The van der Waals surface area contributed by atoms with Crippen molar-refractivity contribution in [1.29, 1.82) is 0 Å². The van der Waals surface area contributed by atoms with Crippen LogP contribution < -0.4 is 11.1 Å². The summed E-state index contributed by atoms with van der Waals surface area (Å²) >= 11 is 0. The maximum atomic E-state index is 12.5. The minimum atomic E-state index is -4.62. The standard InChI is InChI=1S/C11H17F3N4O/c1-3-4-7(6-19-2)16-9-5-8(15)17-10(18-9)11(12,13)14/h5,7H,3-4,6H2,1-2H3,(H3,15,16,17,18). The van der Waals surface area contributed by atoms with Crippen molar-refractivity contribution < 1.29 is 17.9 Å².